The maximum absolute atomic E-state index is 13.1. The van der Waals surface area contributed by atoms with Crippen LogP contribution in [0.3, 0.4) is 0 Å². The highest BCUT2D eigenvalue weighted by atomic mass is 32.1. The minimum absolute atomic E-state index is 0.0359. The summed E-state index contributed by atoms with van der Waals surface area (Å²) in [5.41, 5.74) is -1.36. The summed E-state index contributed by atoms with van der Waals surface area (Å²) in [6.07, 6.45) is 1.04. The van der Waals surface area contributed by atoms with E-state index in [0.29, 0.717) is 6.61 Å². The second-order valence-electron chi connectivity index (χ2n) is 10.3. The number of hydrogen-bond acceptors (Lipinski definition) is 6. The molecule has 0 N–H and O–H groups in total. The van der Waals surface area contributed by atoms with E-state index in [-0.39, 0.29) is 23.3 Å². The molecule has 1 fully saturated rings. The van der Waals surface area contributed by atoms with Crippen molar-refractivity contribution in [2.24, 2.45) is 0 Å². The molecule has 0 unspecified atom stereocenters. The molecule has 0 spiro atoms. The van der Waals surface area contributed by atoms with Crippen molar-refractivity contribution in [2.75, 3.05) is 6.61 Å². The highest BCUT2D eigenvalue weighted by Gasteiger charge is 2.52. The second-order valence-corrected chi connectivity index (χ2v) is 16.0. The predicted molar refractivity (Wildman–Crippen MR) is 115 cm³/mol. The fourth-order valence-corrected chi connectivity index (χ4v) is 4.95. The van der Waals surface area contributed by atoms with Crippen LogP contribution in [-0.2, 0) is 13.9 Å². The van der Waals surface area contributed by atoms with Gasteiger partial charge in [0.1, 0.15) is 22.4 Å². The van der Waals surface area contributed by atoms with Crippen LogP contribution in [0.4, 0.5) is 4.79 Å². The molecular formula is C20H36N2O4SSi. The lowest BCUT2D eigenvalue weighted by molar-refractivity contribution is -0.0673. The Morgan fingerprint density at radius 2 is 1.93 bits per heavy atom. The highest BCUT2D eigenvalue weighted by molar-refractivity contribution is 7.09. The summed E-state index contributed by atoms with van der Waals surface area (Å²) in [6.45, 7) is 20.8. The third-order valence-electron chi connectivity index (χ3n) is 5.38. The summed E-state index contributed by atoms with van der Waals surface area (Å²) < 4.78 is 18.5. The SMILES string of the molecule is CC(C)(C)OC(=O)N1[C@@H]([C@H](O[Si](C)(C)C(C)(C)C)c2nccs2)COC1(C)C. The molecule has 1 aromatic heterocycles. The first kappa shape index (κ1) is 23.3. The van der Waals surface area contributed by atoms with E-state index in [0.717, 1.165) is 5.01 Å². The number of ether oxygens (including phenoxy) is 2. The van der Waals surface area contributed by atoms with Crippen LogP contribution in [-0.4, -0.2) is 48.3 Å². The standard InChI is InChI=1S/C20H36N2O4SSi/c1-18(2,3)25-17(23)22-14(13-24-20(22,7)8)15(16-21-11-12-27-16)26-28(9,10)19(4,5)6/h11-12,14-15H,13H2,1-10H3/t14-,15+/m1/s1. The van der Waals surface area contributed by atoms with Crippen LogP contribution in [0.1, 0.15) is 66.5 Å². The quantitative estimate of drug-likeness (QED) is 0.586. The van der Waals surface area contributed by atoms with Crippen LogP contribution in [0.25, 0.3) is 0 Å². The van der Waals surface area contributed by atoms with E-state index >= 15 is 0 Å². The van der Waals surface area contributed by atoms with E-state index in [9.17, 15) is 4.79 Å². The Labute approximate surface area is 174 Å². The van der Waals surface area contributed by atoms with E-state index in [1.165, 1.54) is 0 Å². The van der Waals surface area contributed by atoms with E-state index in [2.05, 4.69) is 38.8 Å². The molecule has 2 rings (SSSR count). The zero-order valence-electron chi connectivity index (χ0n) is 19.0. The largest absolute Gasteiger partial charge is 0.444 e. The molecule has 2 heterocycles. The van der Waals surface area contributed by atoms with E-state index < -0.39 is 19.6 Å². The van der Waals surface area contributed by atoms with Crippen molar-refractivity contribution < 1.29 is 18.7 Å². The Hall–Kier alpha value is -0.963. The molecule has 8 heteroatoms. The zero-order valence-corrected chi connectivity index (χ0v) is 20.8. The lowest BCUT2D eigenvalue weighted by Gasteiger charge is -2.42. The van der Waals surface area contributed by atoms with Gasteiger partial charge in [-0.1, -0.05) is 20.8 Å². The van der Waals surface area contributed by atoms with Crippen molar-refractivity contribution in [2.45, 2.75) is 97.0 Å². The number of thiazole rings is 1. The van der Waals surface area contributed by atoms with Gasteiger partial charge in [-0.2, -0.15) is 0 Å². The molecule has 0 saturated carbocycles. The van der Waals surface area contributed by atoms with Gasteiger partial charge in [-0.05, 0) is 52.8 Å². The highest BCUT2D eigenvalue weighted by Crippen LogP contribution is 2.44. The molecule has 0 bridgehead atoms. The smallest absolute Gasteiger partial charge is 0.413 e. The third kappa shape index (κ3) is 5.14. The maximum atomic E-state index is 13.1. The van der Waals surface area contributed by atoms with Crippen molar-refractivity contribution in [3.8, 4) is 0 Å². The van der Waals surface area contributed by atoms with Gasteiger partial charge in [0, 0.05) is 11.6 Å². The molecule has 1 aliphatic heterocycles. The van der Waals surface area contributed by atoms with Crippen molar-refractivity contribution in [1.82, 2.24) is 9.88 Å². The number of carbonyl (C=O) groups is 1. The Morgan fingerprint density at radius 1 is 1.32 bits per heavy atom. The van der Waals surface area contributed by atoms with Crippen molar-refractivity contribution >= 4 is 25.7 Å². The predicted octanol–water partition coefficient (Wildman–Crippen LogP) is 5.58. The molecule has 2 atom stereocenters. The fraction of sp³-hybridized carbons (Fsp3) is 0.800. The molecule has 6 nitrogen and oxygen atoms in total. The van der Waals surface area contributed by atoms with E-state index in [4.69, 9.17) is 13.9 Å². The molecule has 1 aromatic rings. The summed E-state index contributed by atoms with van der Waals surface area (Å²) in [5.74, 6) is 0. The van der Waals surface area contributed by atoms with Crippen molar-refractivity contribution in [3.05, 3.63) is 16.6 Å². The number of aromatic nitrogens is 1. The van der Waals surface area contributed by atoms with Crippen molar-refractivity contribution in [1.29, 1.82) is 0 Å². The lowest BCUT2D eigenvalue weighted by atomic mass is 10.1. The minimum atomic E-state index is -2.12. The molecule has 0 aliphatic carbocycles. The summed E-state index contributed by atoms with van der Waals surface area (Å²) in [5, 5.41) is 2.84. The Balaban J connectivity index is 2.42. The first-order chi connectivity index (χ1) is 12.6. The van der Waals surface area contributed by atoms with Gasteiger partial charge < -0.3 is 13.9 Å². The summed E-state index contributed by atoms with van der Waals surface area (Å²) >= 11 is 1.55. The molecule has 1 saturated heterocycles. The normalized spacial score (nSPS) is 21.6. The Morgan fingerprint density at radius 3 is 2.39 bits per heavy atom. The third-order valence-corrected chi connectivity index (χ3v) is 10.7. The number of hydrogen-bond donors (Lipinski definition) is 0. The van der Waals surface area contributed by atoms with Crippen LogP contribution in [0.15, 0.2) is 11.6 Å². The minimum Gasteiger partial charge on any atom is -0.444 e. The van der Waals surface area contributed by atoms with Gasteiger partial charge in [-0.3, -0.25) is 4.90 Å². The second kappa shape index (κ2) is 7.70. The lowest BCUT2D eigenvalue weighted by Crippen LogP contribution is -2.53. The average Bonchev–Trinajstić information content (AvgIpc) is 3.09. The molecular weight excluding hydrogens is 392 g/mol. The average molecular weight is 429 g/mol. The van der Waals surface area contributed by atoms with Gasteiger partial charge in [0.05, 0.1) is 12.6 Å². The maximum Gasteiger partial charge on any atom is 0.413 e. The summed E-state index contributed by atoms with van der Waals surface area (Å²) in [7, 11) is -2.12. The van der Waals surface area contributed by atoms with Gasteiger partial charge >= 0.3 is 6.09 Å². The molecule has 160 valence electrons. The van der Waals surface area contributed by atoms with Crippen molar-refractivity contribution in [3.63, 3.8) is 0 Å². The number of carbonyl (C=O) groups excluding carboxylic acids is 1. The first-order valence-electron chi connectivity index (χ1n) is 9.79. The van der Waals surface area contributed by atoms with Crippen LogP contribution in [0.5, 0.6) is 0 Å². The van der Waals surface area contributed by atoms with Crippen LogP contribution in [0, 0.1) is 0 Å². The Bertz CT molecular complexity index is 677. The molecule has 1 amide bonds. The van der Waals surface area contributed by atoms with Crippen LogP contribution in [0.2, 0.25) is 18.1 Å². The topological polar surface area (TPSA) is 60.9 Å². The van der Waals surface area contributed by atoms with E-state index in [1.807, 2.05) is 40.0 Å². The number of amides is 1. The Kier molecular flexibility index (Phi) is 6.41. The number of rotatable bonds is 4. The van der Waals surface area contributed by atoms with Crippen LogP contribution < -0.4 is 0 Å². The molecule has 0 aromatic carbocycles. The molecule has 1 aliphatic rings. The van der Waals surface area contributed by atoms with Gasteiger partial charge in [0.15, 0.2) is 8.32 Å². The molecule has 28 heavy (non-hydrogen) atoms. The van der Waals surface area contributed by atoms with E-state index in [1.54, 1.807) is 22.4 Å². The van der Waals surface area contributed by atoms with Gasteiger partial charge in [-0.15, -0.1) is 11.3 Å². The van der Waals surface area contributed by atoms with Crippen LogP contribution >= 0.6 is 11.3 Å². The molecule has 0 radical (unpaired) electrons. The summed E-state index contributed by atoms with van der Waals surface area (Å²) in [6, 6.07) is -0.301. The monoisotopic (exact) mass is 428 g/mol. The van der Waals surface area contributed by atoms with Gasteiger partial charge in [0.2, 0.25) is 0 Å². The fourth-order valence-electron chi connectivity index (χ4n) is 2.88. The summed E-state index contributed by atoms with van der Waals surface area (Å²) in [4.78, 5) is 19.3. The van der Waals surface area contributed by atoms with Gasteiger partial charge in [0.25, 0.3) is 0 Å². The van der Waals surface area contributed by atoms with Gasteiger partial charge in [-0.25, -0.2) is 9.78 Å². The number of nitrogens with zero attached hydrogens (tertiary/aromatic N) is 2. The first-order valence-corrected chi connectivity index (χ1v) is 13.6. The zero-order chi connectivity index (χ0) is 21.5.